The first-order chi connectivity index (χ1) is 15.7. The van der Waals surface area contributed by atoms with Crippen LogP contribution in [-0.2, 0) is 6.54 Å². The van der Waals surface area contributed by atoms with Gasteiger partial charge in [-0.2, -0.15) is 5.10 Å². The number of para-hydroxylation sites is 2. The number of hydrogen-bond donors (Lipinski definition) is 1. The zero-order valence-corrected chi connectivity index (χ0v) is 17.7. The van der Waals surface area contributed by atoms with Crippen molar-refractivity contribution in [2.75, 3.05) is 0 Å². The highest BCUT2D eigenvalue weighted by molar-refractivity contribution is 6.02. The monoisotopic (exact) mass is 418 g/mol. The molecule has 5 heteroatoms. The van der Waals surface area contributed by atoms with E-state index in [0.717, 1.165) is 39.6 Å². The normalized spacial score (nSPS) is 11.4. The Labute approximate surface area is 186 Å². The highest BCUT2D eigenvalue weighted by Gasteiger charge is 2.13. The second-order valence-electron chi connectivity index (χ2n) is 7.68. The number of nitrogens with one attached hydrogen (secondary N) is 1. The van der Waals surface area contributed by atoms with Crippen LogP contribution in [0.2, 0.25) is 0 Å². The molecular formula is C27H22N4O. The van der Waals surface area contributed by atoms with Gasteiger partial charge in [-0.25, -0.2) is 10.4 Å². The first kappa shape index (κ1) is 19.7. The number of amides is 1. The molecule has 0 aliphatic heterocycles. The third kappa shape index (κ3) is 3.76. The number of hydrogen-bond acceptors (Lipinski definition) is 3. The first-order valence-corrected chi connectivity index (χ1v) is 10.5. The van der Waals surface area contributed by atoms with Crippen molar-refractivity contribution in [2.45, 2.75) is 13.5 Å². The van der Waals surface area contributed by atoms with Gasteiger partial charge in [0.2, 0.25) is 0 Å². The number of pyridine rings is 1. The fraction of sp³-hybridized carbons (Fsp3) is 0.0741. The zero-order valence-electron chi connectivity index (χ0n) is 17.7. The van der Waals surface area contributed by atoms with E-state index in [9.17, 15) is 4.79 Å². The van der Waals surface area contributed by atoms with E-state index in [2.05, 4.69) is 63.4 Å². The molecule has 0 bridgehead atoms. The quantitative estimate of drug-likeness (QED) is 0.311. The van der Waals surface area contributed by atoms with Gasteiger partial charge in [0.05, 0.1) is 11.7 Å². The van der Waals surface area contributed by atoms with Gasteiger partial charge in [-0.15, -0.1) is 0 Å². The van der Waals surface area contributed by atoms with Crippen LogP contribution in [0.5, 0.6) is 0 Å². The van der Waals surface area contributed by atoms with E-state index in [1.54, 1.807) is 12.3 Å². The minimum atomic E-state index is -0.335. The Balaban J connectivity index is 1.42. The Morgan fingerprint density at radius 3 is 2.56 bits per heavy atom. The van der Waals surface area contributed by atoms with Gasteiger partial charge in [0, 0.05) is 34.1 Å². The summed E-state index contributed by atoms with van der Waals surface area (Å²) in [6.07, 6.45) is 1.72. The summed E-state index contributed by atoms with van der Waals surface area (Å²) in [6, 6.07) is 29.9. The SMILES string of the molecule is Cc1c(/C=N\NC(=O)c2ccc3ccccc3n2)c2ccccc2n1Cc1ccccc1. The van der Waals surface area contributed by atoms with E-state index in [0.29, 0.717) is 5.69 Å². The lowest BCUT2D eigenvalue weighted by molar-refractivity contribution is 0.0950. The number of benzene rings is 3. The van der Waals surface area contributed by atoms with Crippen LogP contribution in [-0.4, -0.2) is 21.7 Å². The number of carbonyl (C=O) groups excluding carboxylic acids is 1. The summed E-state index contributed by atoms with van der Waals surface area (Å²) in [5.74, 6) is -0.335. The molecule has 0 spiro atoms. The van der Waals surface area contributed by atoms with Crippen LogP contribution >= 0.6 is 0 Å². The maximum atomic E-state index is 12.6. The van der Waals surface area contributed by atoms with E-state index in [4.69, 9.17) is 0 Å². The molecule has 2 aromatic heterocycles. The van der Waals surface area contributed by atoms with Crippen LogP contribution in [0.25, 0.3) is 21.8 Å². The minimum absolute atomic E-state index is 0.335. The molecule has 0 saturated carbocycles. The van der Waals surface area contributed by atoms with Gasteiger partial charge in [-0.05, 0) is 30.7 Å². The fourth-order valence-electron chi connectivity index (χ4n) is 4.00. The molecule has 5 nitrogen and oxygen atoms in total. The largest absolute Gasteiger partial charge is 0.340 e. The number of nitrogens with zero attached hydrogens (tertiary/aromatic N) is 3. The number of carbonyl (C=O) groups is 1. The molecule has 5 rings (SSSR count). The van der Waals surface area contributed by atoms with Crippen LogP contribution in [0.4, 0.5) is 0 Å². The van der Waals surface area contributed by atoms with E-state index in [1.807, 2.05) is 48.5 Å². The molecule has 2 heterocycles. The third-order valence-electron chi connectivity index (χ3n) is 5.65. The van der Waals surface area contributed by atoms with Gasteiger partial charge < -0.3 is 4.57 Å². The lowest BCUT2D eigenvalue weighted by Crippen LogP contribution is -2.19. The van der Waals surface area contributed by atoms with Crippen molar-refractivity contribution < 1.29 is 4.79 Å². The highest BCUT2D eigenvalue weighted by atomic mass is 16.2. The summed E-state index contributed by atoms with van der Waals surface area (Å²) >= 11 is 0. The van der Waals surface area contributed by atoms with Gasteiger partial charge in [0.25, 0.3) is 5.91 Å². The lowest BCUT2D eigenvalue weighted by Gasteiger charge is -2.08. The topological polar surface area (TPSA) is 59.3 Å². The van der Waals surface area contributed by atoms with Crippen LogP contribution in [0.1, 0.15) is 27.3 Å². The van der Waals surface area contributed by atoms with Crippen molar-refractivity contribution in [3.05, 3.63) is 114 Å². The number of fused-ring (bicyclic) bond motifs is 2. The van der Waals surface area contributed by atoms with Crippen molar-refractivity contribution in [3.8, 4) is 0 Å². The maximum absolute atomic E-state index is 12.6. The van der Waals surface area contributed by atoms with Crippen molar-refractivity contribution in [1.29, 1.82) is 0 Å². The van der Waals surface area contributed by atoms with Gasteiger partial charge in [0.1, 0.15) is 5.69 Å². The summed E-state index contributed by atoms with van der Waals surface area (Å²) < 4.78 is 2.28. The van der Waals surface area contributed by atoms with E-state index in [1.165, 1.54) is 5.56 Å². The van der Waals surface area contributed by atoms with Gasteiger partial charge in [0.15, 0.2) is 0 Å². The molecule has 0 atom stereocenters. The van der Waals surface area contributed by atoms with Crippen molar-refractivity contribution in [1.82, 2.24) is 15.0 Å². The first-order valence-electron chi connectivity index (χ1n) is 10.5. The molecule has 1 N–H and O–H groups in total. The molecule has 0 radical (unpaired) electrons. The molecule has 1 amide bonds. The smallest absolute Gasteiger partial charge is 0.289 e. The Morgan fingerprint density at radius 2 is 1.69 bits per heavy atom. The Bertz CT molecular complexity index is 1450. The Morgan fingerprint density at radius 1 is 0.938 bits per heavy atom. The van der Waals surface area contributed by atoms with Crippen molar-refractivity contribution >= 4 is 33.9 Å². The molecule has 3 aromatic carbocycles. The average Bonchev–Trinajstić information content (AvgIpc) is 3.10. The predicted octanol–water partition coefficient (Wildman–Crippen LogP) is 5.31. The van der Waals surface area contributed by atoms with E-state index < -0.39 is 0 Å². The van der Waals surface area contributed by atoms with Crippen LogP contribution in [0, 0.1) is 6.92 Å². The molecule has 32 heavy (non-hydrogen) atoms. The number of aromatic nitrogens is 2. The molecule has 0 unspecified atom stereocenters. The van der Waals surface area contributed by atoms with Gasteiger partial charge in [-0.1, -0.05) is 72.8 Å². The molecule has 0 aliphatic carbocycles. The van der Waals surface area contributed by atoms with Crippen LogP contribution < -0.4 is 5.43 Å². The summed E-state index contributed by atoms with van der Waals surface area (Å²) in [4.78, 5) is 17.0. The van der Waals surface area contributed by atoms with Crippen LogP contribution in [0.3, 0.4) is 0 Å². The third-order valence-corrected chi connectivity index (χ3v) is 5.65. The van der Waals surface area contributed by atoms with Crippen molar-refractivity contribution in [2.24, 2.45) is 5.10 Å². The van der Waals surface area contributed by atoms with Crippen molar-refractivity contribution in [3.63, 3.8) is 0 Å². The number of rotatable bonds is 5. The maximum Gasteiger partial charge on any atom is 0.289 e. The van der Waals surface area contributed by atoms with E-state index >= 15 is 0 Å². The molecule has 5 aromatic rings. The Hall–Kier alpha value is -4.25. The number of hydrazone groups is 1. The van der Waals surface area contributed by atoms with Gasteiger partial charge in [-0.3, -0.25) is 4.79 Å². The molecule has 156 valence electrons. The molecular weight excluding hydrogens is 396 g/mol. The summed E-state index contributed by atoms with van der Waals surface area (Å²) in [5.41, 5.74) is 8.19. The van der Waals surface area contributed by atoms with Gasteiger partial charge >= 0.3 is 0 Å². The Kier molecular flexibility index (Phi) is 5.22. The summed E-state index contributed by atoms with van der Waals surface area (Å²) in [7, 11) is 0. The average molecular weight is 419 g/mol. The minimum Gasteiger partial charge on any atom is -0.340 e. The molecule has 0 saturated heterocycles. The van der Waals surface area contributed by atoms with E-state index in [-0.39, 0.29) is 5.91 Å². The fourth-order valence-corrected chi connectivity index (χ4v) is 4.00. The summed E-state index contributed by atoms with van der Waals surface area (Å²) in [6.45, 7) is 2.85. The summed E-state index contributed by atoms with van der Waals surface area (Å²) in [5, 5.41) is 6.35. The van der Waals surface area contributed by atoms with Crippen LogP contribution in [0.15, 0.2) is 96.1 Å². The molecule has 0 aliphatic rings. The molecule has 0 fully saturated rings. The standard InChI is InChI=1S/C27H22N4O/c1-19-23(17-28-30-27(32)25-16-15-21-11-5-7-13-24(21)29-25)22-12-6-8-14-26(22)31(19)18-20-9-3-2-4-10-20/h2-17H,18H2,1H3,(H,30,32)/b28-17-. The lowest BCUT2D eigenvalue weighted by atomic mass is 10.1. The predicted molar refractivity (Wildman–Crippen MR) is 129 cm³/mol. The second kappa shape index (κ2) is 8.47. The highest BCUT2D eigenvalue weighted by Crippen LogP contribution is 2.25. The zero-order chi connectivity index (χ0) is 21.9. The second-order valence-corrected chi connectivity index (χ2v) is 7.68.